The Morgan fingerprint density at radius 1 is 1.62 bits per heavy atom. The summed E-state index contributed by atoms with van der Waals surface area (Å²) in [5.41, 5.74) is 0.371. The normalized spacial score (nSPS) is 9.38. The monoisotopic (exact) mass is 243 g/mol. The molecule has 0 saturated heterocycles. The molecule has 0 aromatic heterocycles. The molecular weight excluding hydrogens is 237 g/mol. The SMILES string of the molecule is COc1ccc(CC#N)c(F)c1Br. The average Bonchev–Trinajstić information content (AvgIpc) is 2.14. The van der Waals surface area contributed by atoms with Gasteiger partial charge >= 0.3 is 0 Å². The third kappa shape index (κ3) is 1.99. The standard InChI is InChI=1S/C9H7BrFNO/c1-13-7-3-2-6(4-5-12)9(11)8(7)10/h2-3H,4H2,1H3. The maximum atomic E-state index is 13.4. The molecule has 0 unspecified atom stereocenters. The van der Waals surface area contributed by atoms with E-state index in [0.29, 0.717) is 11.3 Å². The van der Waals surface area contributed by atoms with E-state index < -0.39 is 5.82 Å². The van der Waals surface area contributed by atoms with Gasteiger partial charge in [-0.05, 0) is 22.0 Å². The van der Waals surface area contributed by atoms with Crippen LogP contribution in [-0.2, 0) is 6.42 Å². The fourth-order valence-corrected chi connectivity index (χ4v) is 1.50. The van der Waals surface area contributed by atoms with Gasteiger partial charge in [-0.1, -0.05) is 6.07 Å². The zero-order valence-electron chi connectivity index (χ0n) is 6.97. The zero-order valence-corrected chi connectivity index (χ0v) is 8.56. The molecule has 0 aliphatic carbocycles. The van der Waals surface area contributed by atoms with Crippen LogP contribution in [0.4, 0.5) is 4.39 Å². The first-order valence-corrected chi connectivity index (χ1v) is 4.37. The topological polar surface area (TPSA) is 33.0 Å². The Morgan fingerprint density at radius 3 is 2.85 bits per heavy atom. The Kier molecular flexibility index (Phi) is 3.26. The zero-order chi connectivity index (χ0) is 9.84. The van der Waals surface area contributed by atoms with Crippen LogP contribution in [0.1, 0.15) is 5.56 Å². The predicted molar refractivity (Wildman–Crippen MR) is 50.0 cm³/mol. The van der Waals surface area contributed by atoms with Gasteiger partial charge in [0, 0.05) is 5.56 Å². The fraction of sp³-hybridized carbons (Fsp3) is 0.222. The first kappa shape index (κ1) is 10.0. The van der Waals surface area contributed by atoms with Crippen molar-refractivity contribution in [2.45, 2.75) is 6.42 Å². The number of benzene rings is 1. The number of rotatable bonds is 2. The van der Waals surface area contributed by atoms with Crippen molar-refractivity contribution in [3.05, 3.63) is 28.0 Å². The van der Waals surface area contributed by atoms with Crippen LogP contribution in [-0.4, -0.2) is 7.11 Å². The number of nitrogens with zero attached hydrogens (tertiary/aromatic N) is 1. The molecule has 13 heavy (non-hydrogen) atoms. The highest BCUT2D eigenvalue weighted by Gasteiger charge is 2.10. The maximum absolute atomic E-state index is 13.4. The molecule has 2 nitrogen and oxygen atoms in total. The van der Waals surface area contributed by atoms with Crippen molar-refractivity contribution < 1.29 is 9.13 Å². The molecule has 68 valence electrons. The number of hydrogen-bond acceptors (Lipinski definition) is 2. The molecule has 0 N–H and O–H groups in total. The largest absolute Gasteiger partial charge is 0.495 e. The van der Waals surface area contributed by atoms with E-state index in [1.165, 1.54) is 7.11 Å². The number of ether oxygens (including phenoxy) is 1. The van der Waals surface area contributed by atoms with Crippen LogP contribution >= 0.6 is 15.9 Å². The molecule has 0 bridgehead atoms. The molecule has 1 rings (SSSR count). The Hall–Kier alpha value is -1.08. The predicted octanol–water partition coefficient (Wildman–Crippen LogP) is 2.66. The van der Waals surface area contributed by atoms with Crippen molar-refractivity contribution in [3.63, 3.8) is 0 Å². The Morgan fingerprint density at radius 2 is 2.31 bits per heavy atom. The fourth-order valence-electron chi connectivity index (χ4n) is 0.951. The van der Waals surface area contributed by atoms with E-state index in [1.807, 2.05) is 6.07 Å². The molecule has 0 spiro atoms. The van der Waals surface area contributed by atoms with Crippen molar-refractivity contribution in [2.24, 2.45) is 0 Å². The minimum absolute atomic E-state index is 0.0639. The lowest BCUT2D eigenvalue weighted by molar-refractivity contribution is 0.407. The minimum Gasteiger partial charge on any atom is -0.495 e. The van der Waals surface area contributed by atoms with Crippen LogP contribution in [0, 0.1) is 17.1 Å². The van der Waals surface area contributed by atoms with Gasteiger partial charge in [0.25, 0.3) is 0 Å². The smallest absolute Gasteiger partial charge is 0.145 e. The van der Waals surface area contributed by atoms with Crippen molar-refractivity contribution in [1.82, 2.24) is 0 Å². The third-order valence-electron chi connectivity index (χ3n) is 1.62. The lowest BCUT2D eigenvalue weighted by atomic mass is 10.1. The van der Waals surface area contributed by atoms with Crippen LogP contribution in [0.2, 0.25) is 0 Å². The number of hydrogen-bond donors (Lipinski definition) is 0. The van der Waals surface area contributed by atoms with Crippen LogP contribution in [0.5, 0.6) is 5.75 Å². The summed E-state index contributed by atoms with van der Waals surface area (Å²) in [4.78, 5) is 0. The van der Waals surface area contributed by atoms with E-state index in [2.05, 4.69) is 15.9 Å². The van der Waals surface area contributed by atoms with Crippen molar-refractivity contribution >= 4 is 15.9 Å². The average molecular weight is 244 g/mol. The quantitative estimate of drug-likeness (QED) is 0.801. The van der Waals surface area contributed by atoms with Gasteiger partial charge < -0.3 is 4.74 Å². The van der Waals surface area contributed by atoms with Gasteiger partial charge in [-0.15, -0.1) is 0 Å². The van der Waals surface area contributed by atoms with E-state index in [1.54, 1.807) is 12.1 Å². The molecule has 1 aromatic rings. The summed E-state index contributed by atoms with van der Waals surface area (Å²) in [6, 6.07) is 5.06. The van der Waals surface area contributed by atoms with Crippen molar-refractivity contribution in [3.8, 4) is 11.8 Å². The lowest BCUT2D eigenvalue weighted by Crippen LogP contribution is -1.93. The lowest BCUT2D eigenvalue weighted by Gasteiger charge is -2.05. The number of nitriles is 1. The summed E-state index contributed by atoms with van der Waals surface area (Å²) in [6.45, 7) is 0. The Balaban J connectivity index is 3.17. The third-order valence-corrected chi connectivity index (χ3v) is 2.36. The molecule has 0 fully saturated rings. The molecule has 0 amide bonds. The molecular formula is C9H7BrFNO. The van der Waals surface area contributed by atoms with Gasteiger partial charge in [0.1, 0.15) is 11.6 Å². The maximum Gasteiger partial charge on any atom is 0.145 e. The Labute approximate surface area is 84.1 Å². The summed E-state index contributed by atoms with van der Waals surface area (Å²) >= 11 is 3.05. The van der Waals surface area contributed by atoms with Crippen LogP contribution in [0.25, 0.3) is 0 Å². The molecule has 0 radical (unpaired) electrons. The summed E-state index contributed by atoms with van der Waals surface area (Å²) in [6.07, 6.45) is 0.0639. The van der Waals surface area contributed by atoms with Gasteiger partial charge in [0.05, 0.1) is 24.1 Å². The van der Waals surface area contributed by atoms with Gasteiger partial charge in [-0.3, -0.25) is 0 Å². The number of methoxy groups -OCH3 is 1. The van der Waals surface area contributed by atoms with Gasteiger partial charge in [-0.2, -0.15) is 5.26 Å². The second-order valence-corrected chi connectivity index (χ2v) is 3.18. The van der Waals surface area contributed by atoms with Crippen LogP contribution in [0.3, 0.4) is 0 Å². The molecule has 4 heteroatoms. The Bertz CT molecular complexity index is 359. The summed E-state index contributed by atoms with van der Waals surface area (Å²) in [5, 5.41) is 8.40. The molecule has 0 aliphatic rings. The van der Waals surface area contributed by atoms with E-state index >= 15 is 0 Å². The van der Waals surface area contributed by atoms with Crippen molar-refractivity contribution in [2.75, 3.05) is 7.11 Å². The minimum atomic E-state index is -0.430. The molecule has 0 atom stereocenters. The summed E-state index contributed by atoms with van der Waals surface area (Å²) in [7, 11) is 1.46. The van der Waals surface area contributed by atoms with Crippen LogP contribution < -0.4 is 4.74 Å². The second-order valence-electron chi connectivity index (χ2n) is 2.39. The second kappa shape index (κ2) is 4.24. The van der Waals surface area contributed by atoms with E-state index in [9.17, 15) is 4.39 Å². The summed E-state index contributed by atoms with van der Waals surface area (Å²) in [5.74, 6) is 0.0000831. The summed E-state index contributed by atoms with van der Waals surface area (Å²) < 4.78 is 18.5. The molecule has 0 saturated carbocycles. The number of halogens is 2. The van der Waals surface area contributed by atoms with E-state index in [0.717, 1.165) is 0 Å². The van der Waals surface area contributed by atoms with Crippen LogP contribution in [0.15, 0.2) is 16.6 Å². The van der Waals surface area contributed by atoms with Crippen molar-refractivity contribution in [1.29, 1.82) is 5.26 Å². The van der Waals surface area contributed by atoms with Gasteiger partial charge in [0.2, 0.25) is 0 Å². The highest BCUT2D eigenvalue weighted by atomic mass is 79.9. The van der Waals surface area contributed by atoms with Gasteiger partial charge in [-0.25, -0.2) is 4.39 Å². The first-order chi connectivity index (χ1) is 6.20. The van der Waals surface area contributed by atoms with Gasteiger partial charge in [0.15, 0.2) is 0 Å². The highest BCUT2D eigenvalue weighted by molar-refractivity contribution is 9.10. The molecule has 0 aliphatic heterocycles. The van der Waals surface area contributed by atoms with E-state index in [4.69, 9.17) is 10.00 Å². The highest BCUT2D eigenvalue weighted by Crippen LogP contribution is 2.29. The first-order valence-electron chi connectivity index (χ1n) is 3.58. The molecule has 1 aromatic carbocycles. The van der Waals surface area contributed by atoms with E-state index in [-0.39, 0.29) is 10.9 Å². The molecule has 0 heterocycles.